The molecule has 3 fully saturated rings. The smallest absolute Gasteiger partial charge is 0.282 e. The van der Waals surface area contributed by atoms with Gasteiger partial charge in [0.15, 0.2) is 0 Å². The van der Waals surface area contributed by atoms with E-state index >= 15 is 0 Å². The summed E-state index contributed by atoms with van der Waals surface area (Å²) in [5.74, 6) is 1.87. The molecule has 28 heavy (non-hydrogen) atoms. The number of rotatable bonds is 5. The van der Waals surface area contributed by atoms with E-state index in [-0.39, 0.29) is 6.10 Å². The standard InChI is InChI=1S/C20H33N3O4S/c24-28(25,22-11-3-1-4-12-22)23-13-6-10-21(14-15-23)17-18-8-9-20(27-18)19-7-2-5-16-26-19/h8-9,19H,1-7,10-17H2. The molecule has 0 aliphatic carbocycles. The van der Waals surface area contributed by atoms with Gasteiger partial charge in [-0.3, -0.25) is 4.90 Å². The molecule has 0 spiro atoms. The number of piperidine rings is 1. The Labute approximate surface area is 168 Å². The van der Waals surface area contributed by atoms with Crippen LogP contribution >= 0.6 is 0 Å². The Kier molecular flexibility index (Phi) is 6.73. The van der Waals surface area contributed by atoms with Gasteiger partial charge in [-0.25, -0.2) is 0 Å². The van der Waals surface area contributed by atoms with Gasteiger partial charge in [-0.05, 0) is 57.2 Å². The van der Waals surface area contributed by atoms with Gasteiger partial charge in [0.25, 0.3) is 10.2 Å². The molecule has 4 heterocycles. The average Bonchev–Trinajstić information content (AvgIpc) is 3.06. The lowest BCUT2D eigenvalue weighted by Gasteiger charge is -2.31. The number of hydrogen-bond donors (Lipinski definition) is 0. The summed E-state index contributed by atoms with van der Waals surface area (Å²) in [6.45, 7) is 5.66. The molecule has 3 aliphatic heterocycles. The maximum atomic E-state index is 12.9. The summed E-state index contributed by atoms with van der Waals surface area (Å²) in [6, 6.07) is 4.08. The van der Waals surface area contributed by atoms with E-state index in [9.17, 15) is 8.42 Å². The van der Waals surface area contributed by atoms with Gasteiger partial charge in [0.05, 0.1) is 6.54 Å². The van der Waals surface area contributed by atoms with E-state index in [0.717, 1.165) is 76.3 Å². The van der Waals surface area contributed by atoms with Crippen LogP contribution in [-0.2, 0) is 21.5 Å². The molecule has 3 aliphatic rings. The molecule has 0 radical (unpaired) electrons. The highest BCUT2D eigenvalue weighted by Gasteiger charge is 2.32. The quantitative estimate of drug-likeness (QED) is 0.745. The lowest BCUT2D eigenvalue weighted by Crippen LogP contribution is -2.47. The van der Waals surface area contributed by atoms with Crippen molar-refractivity contribution in [3.05, 3.63) is 23.7 Å². The van der Waals surface area contributed by atoms with Crippen molar-refractivity contribution < 1.29 is 17.6 Å². The molecule has 1 aromatic heterocycles. The average molecular weight is 412 g/mol. The molecule has 4 rings (SSSR count). The van der Waals surface area contributed by atoms with Crippen molar-refractivity contribution in [2.45, 2.75) is 57.6 Å². The van der Waals surface area contributed by atoms with Crippen LogP contribution in [0.1, 0.15) is 62.6 Å². The molecule has 1 unspecified atom stereocenters. The van der Waals surface area contributed by atoms with Crippen LogP contribution in [0, 0.1) is 0 Å². The molecule has 7 nitrogen and oxygen atoms in total. The van der Waals surface area contributed by atoms with Crippen molar-refractivity contribution in [1.82, 2.24) is 13.5 Å². The van der Waals surface area contributed by atoms with E-state index < -0.39 is 10.2 Å². The largest absolute Gasteiger partial charge is 0.462 e. The van der Waals surface area contributed by atoms with E-state index in [4.69, 9.17) is 9.15 Å². The number of hydrogen-bond acceptors (Lipinski definition) is 5. The zero-order valence-electron chi connectivity index (χ0n) is 16.7. The highest BCUT2D eigenvalue weighted by molar-refractivity contribution is 7.86. The number of ether oxygens (including phenoxy) is 1. The third kappa shape index (κ3) is 4.79. The minimum absolute atomic E-state index is 0.0943. The fourth-order valence-corrected chi connectivity index (χ4v) is 6.15. The summed E-state index contributed by atoms with van der Waals surface area (Å²) in [5.41, 5.74) is 0. The van der Waals surface area contributed by atoms with E-state index in [1.165, 1.54) is 6.42 Å². The van der Waals surface area contributed by atoms with Crippen molar-refractivity contribution in [1.29, 1.82) is 0 Å². The minimum atomic E-state index is -3.32. The summed E-state index contributed by atoms with van der Waals surface area (Å²) >= 11 is 0. The van der Waals surface area contributed by atoms with Crippen molar-refractivity contribution in [2.75, 3.05) is 45.9 Å². The monoisotopic (exact) mass is 411 g/mol. The molecule has 0 aromatic carbocycles. The molecule has 158 valence electrons. The van der Waals surface area contributed by atoms with Gasteiger partial charge in [0, 0.05) is 39.3 Å². The maximum absolute atomic E-state index is 12.9. The SMILES string of the molecule is O=S(=O)(N1CCCCC1)N1CCCN(Cc2ccc(C3CCCCO3)o2)CC1. The molecule has 0 saturated carbocycles. The summed E-state index contributed by atoms with van der Waals surface area (Å²) in [7, 11) is -3.32. The van der Waals surface area contributed by atoms with Gasteiger partial charge >= 0.3 is 0 Å². The molecule has 8 heteroatoms. The minimum Gasteiger partial charge on any atom is -0.462 e. The van der Waals surface area contributed by atoms with Crippen molar-refractivity contribution in [3.63, 3.8) is 0 Å². The highest BCUT2D eigenvalue weighted by atomic mass is 32.2. The Morgan fingerprint density at radius 3 is 2.43 bits per heavy atom. The molecule has 1 atom stereocenters. The normalized spacial score (nSPS) is 26.9. The van der Waals surface area contributed by atoms with Gasteiger partial charge in [0.2, 0.25) is 0 Å². The van der Waals surface area contributed by atoms with Crippen molar-refractivity contribution >= 4 is 10.2 Å². The van der Waals surface area contributed by atoms with E-state index in [2.05, 4.69) is 4.90 Å². The van der Waals surface area contributed by atoms with Gasteiger partial charge in [-0.2, -0.15) is 17.0 Å². The van der Waals surface area contributed by atoms with Crippen LogP contribution in [0.3, 0.4) is 0 Å². The third-order valence-corrected chi connectivity index (χ3v) is 8.11. The second-order valence-electron chi connectivity index (χ2n) is 8.16. The second kappa shape index (κ2) is 9.26. The molecular weight excluding hydrogens is 378 g/mol. The Hall–Kier alpha value is -0.930. The Morgan fingerprint density at radius 2 is 1.64 bits per heavy atom. The first-order chi connectivity index (χ1) is 13.6. The van der Waals surface area contributed by atoms with Crippen LogP contribution in [0.4, 0.5) is 0 Å². The summed E-state index contributed by atoms with van der Waals surface area (Å²) < 4.78 is 41.1. The fourth-order valence-electron chi connectivity index (χ4n) is 4.43. The van der Waals surface area contributed by atoms with Gasteiger partial charge < -0.3 is 9.15 Å². The zero-order chi connectivity index (χ0) is 19.4. The van der Waals surface area contributed by atoms with Gasteiger partial charge in [-0.1, -0.05) is 6.42 Å². The van der Waals surface area contributed by atoms with Crippen LogP contribution in [-0.4, -0.2) is 67.8 Å². The number of furan rings is 1. The van der Waals surface area contributed by atoms with Crippen LogP contribution < -0.4 is 0 Å². The predicted molar refractivity (Wildman–Crippen MR) is 107 cm³/mol. The van der Waals surface area contributed by atoms with Crippen LogP contribution in [0.2, 0.25) is 0 Å². The molecular formula is C20H33N3O4S. The van der Waals surface area contributed by atoms with Crippen LogP contribution in [0.5, 0.6) is 0 Å². The van der Waals surface area contributed by atoms with E-state index in [1.54, 1.807) is 8.61 Å². The molecule has 0 amide bonds. The zero-order valence-corrected chi connectivity index (χ0v) is 17.5. The second-order valence-corrected chi connectivity index (χ2v) is 10.1. The Morgan fingerprint density at radius 1 is 0.857 bits per heavy atom. The van der Waals surface area contributed by atoms with Crippen LogP contribution in [0.25, 0.3) is 0 Å². The molecule has 1 aromatic rings. The van der Waals surface area contributed by atoms with E-state index in [1.807, 2.05) is 12.1 Å². The van der Waals surface area contributed by atoms with Crippen molar-refractivity contribution in [2.24, 2.45) is 0 Å². The number of nitrogens with zero attached hydrogens (tertiary/aromatic N) is 3. The predicted octanol–water partition coefficient (Wildman–Crippen LogP) is 2.76. The third-order valence-electron chi connectivity index (χ3n) is 6.07. The van der Waals surface area contributed by atoms with Crippen LogP contribution in [0.15, 0.2) is 16.5 Å². The van der Waals surface area contributed by atoms with Gasteiger partial charge in [0.1, 0.15) is 17.6 Å². The highest BCUT2D eigenvalue weighted by Crippen LogP contribution is 2.29. The molecule has 0 bridgehead atoms. The first kappa shape index (κ1) is 20.3. The molecule has 3 saturated heterocycles. The topological polar surface area (TPSA) is 66.2 Å². The van der Waals surface area contributed by atoms with Crippen molar-refractivity contribution in [3.8, 4) is 0 Å². The summed E-state index contributed by atoms with van der Waals surface area (Å²) in [5, 5.41) is 0. The van der Waals surface area contributed by atoms with E-state index in [0.29, 0.717) is 26.2 Å². The Balaban J connectivity index is 1.32. The summed E-state index contributed by atoms with van der Waals surface area (Å²) in [4.78, 5) is 2.30. The summed E-state index contributed by atoms with van der Waals surface area (Å²) in [6.07, 6.45) is 7.39. The Bertz CT molecular complexity index is 724. The van der Waals surface area contributed by atoms with Gasteiger partial charge in [-0.15, -0.1) is 0 Å². The fraction of sp³-hybridized carbons (Fsp3) is 0.800. The maximum Gasteiger partial charge on any atom is 0.282 e. The molecule has 0 N–H and O–H groups in total. The lowest BCUT2D eigenvalue weighted by molar-refractivity contribution is 0.000866. The lowest BCUT2D eigenvalue weighted by atomic mass is 10.1. The first-order valence-corrected chi connectivity index (χ1v) is 12.2. The first-order valence-electron chi connectivity index (χ1n) is 10.8.